The predicted octanol–water partition coefficient (Wildman–Crippen LogP) is 2.62. The van der Waals surface area contributed by atoms with Crippen LogP contribution >= 0.6 is 11.6 Å². The first-order valence-corrected chi connectivity index (χ1v) is 5.48. The number of carbonyl (C=O) groups excluding carboxylic acids is 2. The lowest BCUT2D eigenvalue weighted by Gasteiger charge is -2.12. The summed E-state index contributed by atoms with van der Waals surface area (Å²) in [5.41, 5.74) is -0.416. The van der Waals surface area contributed by atoms with Gasteiger partial charge in [0.2, 0.25) is 0 Å². The van der Waals surface area contributed by atoms with E-state index in [4.69, 9.17) is 16.3 Å². The van der Waals surface area contributed by atoms with E-state index in [1.54, 1.807) is 5.32 Å². The van der Waals surface area contributed by atoms with Crippen LogP contribution in [0.25, 0.3) is 0 Å². The van der Waals surface area contributed by atoms with Crippen molar-refractivity contribution in [2.24, 2.45) is 0 Å². The van der Waals surface area contributed by atoms with E-state index in [1.165, 1.54) is 19.2 Å². The highest BCUT2D eigenvalue weighted by atomic mass is 35.5. The van der Waals surface area contributed by atoms with Crippen molar-refractivity contribution in [1.82, 2.24) is 0 Å². The van der Waals surface area contributed by atoms with E-state index in [0.29, 0.717) is 0 Å². The summed E-state index contributed by atoms with van der Waals surface area (Å²) in [6.07, 6.45) is -5.05. The van der Waals surface area contributed by atoms with Crippen LogP contribution in [0, 0.1) is 0 Å². The predicted molar refractivity (Wildman–Crippen MR) is 62.7 cm³/mol. The molecule has 19 heavy (non-hydrogen) atoms. The third-order valence-electron chi connectivity index (χ3n) is 2.15. The number of benzene rings is 1. The number of halogens is 4. The average Bonchev–Trinajstić information content (AvgIpc) is 2.36. The van der Waals surface area contributed by atoms with Crippen LogP contribution in [0.1, 0.15) is 10.4 Å². The van der Waals surface area contributed by atoms with E-state index in [-0.39, 0.29) is 17.0 Å². The molecule has 0 spiro atoms. The van der Waals surface area contributed by atoms with Crippen LogP contribution < -0.4 is 10.1 Å². The molecule has 1 N–H and O–H groups in total. The molecule has 1 aromatic carbocycles. The minimum absolute atomic E-state index is 0.117. The second-order valence-electron chi connectivity index (χ2n) is 3.42. The number of carbonyl (C=O) groups is 2. The molecule has 4 nitrogen and oxygen atoms in total. The van der Waals surface area contributed by atoms with Gasteiger partial charge in [0.05, 0.1) is 18.7 Å². The van der Waals surface area contributed by atoms with Crippen LogP contribution in [0.3, 0.4) is 0 Å². The van der Waals surface area contributed by atoms with Gasteiger partial charge in [0, 0.05) is 11.6 Å². The number of ether oxygens (including phenoxy) is 1. The highest BCUT2D eigenvalue weighted by molar-refractivity contribution is 6.31. The summed E-state index contributed by atoms with van der Waals surface area (Å²) in [5, 5.41) is 1.62. The molecule has 0 atom stereocenters. The van der Waals surface area contributed by atoms with Gasteiger partial charge < -0.3 is 10.1 Å². The number of rotatable bonds is 4. The Morgan fingerprint density at radius 3 is 2.47 bits per heavy atom. The fraction of sp³-hybridized carbons (Fsp3) is 0.273. The first-order chi connectivity index (χ1) is 8.79. The average molecular weight is 296 g/mol. The summed E-state index contributed by atoms with van der Waals surface area (Å²) < 4.78 is 41.3. The summed E-state index contributed by atoms with van der Waals surface area (Å²) in [7, 11) is 1.30. The number of ketones is 1. The summed E-state index contributed by atoms with van der Waals surface area (Å²) in [4.78, 5) is 22.3. The summed E-state index contributed by atoms with van der Waals surface area (Å²) in [6.45, 7) is 0. The van der Waals surface area contributed by atoms with Gasteiger partial charge in [-0.3, -0.25) is 9.59 Å². The first kappa shape index (κ1) is 15.3. The van der Waals surface area contributed by atoms with Crippen molar-refractivity contribution in [3.8, 4) is 5.75 Å². The van der Waals surface area contributed by atoms with Gasteiger partial charge in [-0.1, -0.05) is 0 Å². The molecule has 8 heteroatoms. The molecule has 1 rings (SSSR count). The van der Waals surface area contributed by atoms with E-state index in [9.17, 15) is 22.8 Å². The Morgan fingerprint density at radius 2 is 2.00 bits per heavy atom. The molecule has 104 valence electrons. The van der Waals surface area contributed by atoms with Crippen molar-refractivity contribution < 1.29 is 27.5 Å². The van der Waals surface area contributed by atoms with Gasteiger partial charge >= 0.3 is 12.1 Å². The normalized spacial score (nSPS) is 11.0. The maximum Gasteiger partial charge on any atom is 0.471 e. The molecular weight excluding hydrogens is 287 g/mol. The van der Waals surface area contributed by atoms with Gasteiger partial charge in [-0.15, -0.1) is 11.6 Å². The Morgan fingerprint density at radius 1 is 1.37 bits per heavy atom. The van der Waals surface area contributed by atoms with Crippen molar-refractivity contribution in [2.75, 3.05) is 18.3 Å². The SMILES string of the molecule is COc1ccc(C(=O)CCl)c(NC(=O)C(F)(F)F)c1. The molecule has 0 saturated heterocycles. The lowest BCUT2D eigenvalue weighted by molar-refractivity contribution is -0.167. The highest BCUT2D eigenvalue weighted by Gasteiger charge is 2.39. The minimum Gasteiger partial charge on any atom is -0.497 e. The number of anilines is 1. The van der Waals surface area contributed by atoms with Gasteiger partial charge in [0.15, 0.2) is 5.78 Å². The van der Waals surface area contributed by atoms with Crippen LogP contribution in [0.5, 0.6) is 5.75 Å². The topological polar surface area (TPSA) is 55.4 Å². The maximum atomic E-state index is 12.2. The number of alkyl halides is 4. The molecule has 0 aliphatic rings. The molecule has 1 amide bonds. The van der Waals surface area contributed by atoms with E-state index in [1.807, 2.05) is 0 Å². The largest absolute Gasteiger partial charge is 0.497 e. The van der Waals surface area contributed by atoms with Crippen LogP contribution in [0.2, 0.25) is 0 Å². The number of Topliss-reactive ketones (excluding diaryl/α,β-unsaturated/α-hetero) is 1. The van der Waals surface area contributed by atoms with Gasteiger partial charge in [0.1, 0.15) is 5.75 Å². The fourth-order valence-electron chi connectivity index (χ4n) is 1.26. The Kier molecular flexibility index (Phi) is 4.77. The zero-order valence-electron chi connectivity index (χ0n) is 9.68. The molecule has 0 radical (unpaired) electrons. The zero-order chi connectivity index (χ0) is 14.6. The van der Waals surface area contributed by atoms with Crippen LogP contribution in [-0.4, -0.2) is 30.9 Å². The second-order valence-corrected chi connectivity index (χ2v) is 3.69. The lowest BCUT2D eigenvalue weighted by atomic mass is 10.1. The second kappa shape index (κ2) is 5.92. The molecule has 0 saturated carbocycles. The fourth-order valence-corrected chi connectivity index (χ4v) is 1.41. The summed E-state index contributed by atoms with van der Waals surface area (Å²) in [5.74, 6) is -3.00. The van der Waals surface area contributed by atoms with Crippen molar-refractivity contribution in [3.05, 3.63) is 23.8 Å². The van der Waals surface area contributed by atoms with E-state index in [2.05, 4.69) is 0 Å². The Labute approximate surface area is 111 Å². The molecule has 0 aliphatic carbocycles. The van der Waals surface area contributed by atoms with Crippen molar-refractivity contribution in [1.29, 1.82) is 0 Å². The molecular formula is C11H9ClF3NO3. The number of hydrogen-bond donors (Lipinski definition) is 1. The van der Waals surface area contributed by atoms with Crippen molar-refractivity contribution >= 4 is 29.0 Å². The first-order valence-electron chi connectivity index (χ1n) is 4.95. The maximum absolute atomic E-state index is 12.2. The van der Waals surface area contributed by atoms with Crippen molar-refractivity contribution in [3.63, 3.8) is 0 Å². The van der Waals surface area contributed by atoms with E-state index in [0.717, 1.165) is 6.07 Å². The summed E-state index contributed by atoms with van der Waals surface area (Å²) >= 11 is 5.34. The lowest BCUT2D eigenvalue weighted by Crippen LogP contribution is -2.30. The minimum atomic E-state index is -5.05. The number of nitrogens with one attached hydrogen (secondary N) is 1. The zero-order valence-corrected chi connectivity index (χ0v) is 10.4. The third kappa shape index (κ3) is 3.85. The molecule has 0 aliphatic heterocycles. The monoisotopic (exact) mass is 295 g/mol. The van der Waals surface area contributed by atoms with Crippen LogP contribution in [0.4, 0.5) is 18.9 Å². The van der Waals surface area contributed by atoms with E-state index < -0.39 is 23.7 Å². The van der Waals surface area contributed by atoms with Gasteiger partial charge in [-0.05, 0) is 12.1 Å². The Hall–Kier alpha value is -1.76. The van der Waals surface area contributed by atoms with E-state index >= 15 is 0 Å². The Balaban J connectivity index is 3.15. The quantitative estimate of drug-likeness (QED) is 0.686. The van der Waals surface area contributed by atoms with Gasteiger partial charge in [0.25, 0.3) is 0 Å². The molecule has 0 bridgehead atoms. The van der Waals surface area contributed by atoms with Crippen LogP contribution in [-0.2, 0) is 4.79 Å². The highest BCUT2D eigenvalue weighted by Crippen LogP contribution is 2.25. The molecule has 0 fully saturated rings. The molecule has 0 aromatic heterocycles. The number of amides is 1. The Bertz CT molecular complexity index is 502. The third-order valence-corrected chi connectivity index (χ3v) is 2.40. The molecule has 0 heterocycles. The number of hydrogen-bond acceptors (Lipinski definition) is 3. The van der Waals surface area contributed by atoms with Gasteiger partial charge in [-0.2, -0.15) is 13.2 Å². The molecule has 1 aromatic rings. The van der Waals surface area contributed by atoms with Gasteiger partial charge in [-0.25, -0.2) is 0 Å². The standard InChI is InChI=1S/C11H9ClF3NO3/c1-19-6-2-3-7(9(17)5-12)8(4-6)16-10(18)11(13,14)15/h2-4H,5H2,1H3,(H,16,18). The summed E-state index contributed by atoms with van der Waals surface area (Å²) in [6, 6.07) is 3.72. The van der Waals surface area contributed by atoms with Crippen molar-refractivity contribution in [2.45, 2.75) is 6.18 Å². The molecule has 0 unspecified atom stereocenters. The smallest absolute Gasteiger partial charge is 0.471 e. The number of methoxy groups -OCH3 is 1. The van der Waals surface area contributed by atoms with Crippen LogP contribution in [0.15, 0.2) is 18.2 Å².